The van der Waals surface area contributed by atoms with E-state index in [2.05, 4.69) is 10.6 Å². The first-order valence-corrected chi connectivity index (χ1v) is 9.56. The summed E-state index contributed by atoms with van der Waals surface area (Å²) in [7, 11) is 1.62. The van der Waals surface area contributed by atoms with Crippen molar-refractivity contribution in [1.29, 1.82) is 0 Å². The molecular weight excluding hydrogens is 346 g/mol. The van der Waals surface area contributed by atoms with Crippen molar-refractivity contribution in [3.63, 3.8) is 0 Å². The number of benzene rings is 1. The van der Waals surface area contributed by atoms with E-state index in [4.69, 9.17) is 9.47 Å². The Hall–Kier alpha value is -2.12. The molecule has 1 aromatic rings. The summed E-state index contributed by atoms with van der Waals surface area (Å²) < 4.78 is 10.9. The number of likely N-dealkylation sites (N-methyl/N-ethyl adjacent to an activating group) is 1. The summed E-state index contributed by atoms with van der Waals surface area (Å²) in [5, 5.41) is 6.27. The highest BCUT2D eigenvalue weighted by molar-refractivity contribution is 5.95. The van der Waals surface area contributed by atoms with E-state index < -0.39 is 5.41 Å². The third kappa shape index (κ3) is 5.68. The van der Waals surface area contributed by atoms with E-state index in [0.717, 1.165) is 25.9 Å². The number of nitrogens with one attached hydrogen (secondary N) is 2. The first-order chi connectivity index (χ1) is 13.0. The number of carbonyl (C=O) groups excluding carboxylic acids is 2. The molecule has 0 aromatic heterocycles. The number of ether oxygens (including phenoxy) is 2. The maximum absolute atomic E-state index is 12.9. The van der Waals surface area contributed by atoms with E-state index >= 15 is 0 Å². The van der Waals surface area contributed by atoms with Crippen LogP contribution < -0.4 is 15.4 Å². The lowest BCUT2D eigenvalue weighted by molar-refractivity contribution is -0.133. The van der Waals surface area contributed by atoms with Gasteiger partial charge in [0.25, 0.3) is 5.91 Å². The van der Waals surface area contributed by atoms with E-state index in [-0.39, 0.29) is 18.4 Å². The normalized spacial score (nSPS) is 15.8. The van der Waals surface area contributed by atoms with Gasteiger partial charge in [0.1, 0.15) is 5.75 Å². The van der Waals surface area contributed by atoms with Gasteiger partial charge in [0, 0.05) is 32.0 Å². The fourth-order valence-corrected chi connectivity index (χ4v) is 3.36. The van der Waals surface area contributed by atoms with Crippen molar-refractivity contribution in [3.05, 3.63) is 24.3 Å². The number of amides is 2. The Kier molecular flexibility index (Phi) is 8.06. The fourth-order valence-electron chi connectivity index (χ4n) is 3.36. The van der Waals surface area contributed by atoms with Crippen LogP contribution in [0.5, 0.6) is 5.75 Å². The van der Waals surface area contributed by atoms with Crippen LogP contribution >= 0.6 is 0 Å². The highest BCUT2D eigenvalue weighted by Crippen LogP contribution is 2.31. The highest BCUT2D eigenvalue weighted by Gasteiger charge is 2.39. The molecule has 0 unspecified atom stereocenters. The quantitative estimate of drug-likeness (QED) is 0.687. The van der Waals surface area contributed by atoms with E-state index in [1.165, 1.54) is 0 Å². The smallest absolute Gasteiger partial charge is 0.260 e. The maximum atomic E-state index is 12.9. The Balaban J connectivity index is 2.00. The molecule has 27 heavy (non-hydrogen) atoms. The van der Waals surface area contributed by atoms with Crippen LogP contribution in [0, 0.1) is 5.41 Å². The average Bonchev–Trinajstić information content (AvgIpc) is 2.68. The maximum Gasteiger partial charge on any atom is 0.260 e. The zero-order valence-corrected chi connectivity index (χ0v) is 16.5. The molecule has 150 valence electrons. The lowest BCUT2D eigenvalue weighted by atomic mass is 9.78. The monoisotopic (exact) mass is 377 g/mol. The summed E-state index contributed by atoms with van der Waals surface area (Å²) in [5.74, 6) is 0.463. The topological polar surface area (TPSA) is 79.9 Å². The minimum atomic E-state index is -0.518. The molecule has 0 saturated carbocycles. The van der Waals surface area contributed by atoms with Crippen LogP contribution in [0.1, 0.15) is 26.7 Å². The fraction of sp³-hybridized carbons (Fsp3) is 0.600. The molecule has 7 heteroatoms. The van der Waals surface area contributed by atoms with Crippen molar-refractivity contribution >= 4 is 17.5 Å². The van der Waals surface area contributed by atoms with Crippen molar-refractivity contribution in [1.82, 2.24) is 10.2 Å². The summed E-state index contributed by atoms with van der Waals surface area (Å²) in [4.78, 5) is 26.7. The summed E-state index contributed by atoms with van der Waals surface area (Å²) in [6.45, 7) is 7.17. The van der Waals surface area contributed by atoms with Gasteiger partial charge in [-0.15, -0.1) is 0 Å². The summed E-state index contributed by atoms with van der Waals surface area (Å²) in [6.07, 6.45) is 1.47. The molecule has 1 heterocycles. The van der Waals surface area contributed by atoms with Crippen LogP contribution in [-0.2, 0) is 14.3 Å². The number of anilines is 1. The molecule has 7 nitrogen and oxygen atoms in total. The second kappa shape index (κ2) is 10.3. The van der Waals surface area contributed by atoms with Gasteiger partial charge in [0.05, 0.1) is 12.0 Å². The molecule has 0 atom stereocenters. The predicted octanol–water partition coefficient (Wildman–Crippen LogP) is 1.89. The Morgan fingerprint density at radius 2 is 1.93 bits per heavy atom. The number of piperidine rings is 1. The molecule has 2 N–H and O–H groups in total. The van der Waals surface area contributed by atoms with Gasteiger partial charge < -0.3 is 25.0 Å². The minimum Gasteiger partial charge on any atom is -0.484 e. The van der Waals surface area contributed by atoms with Crippen LogP contribution in [0.3, 0.4) is 0 Å². The third-order valence-corrected chi connectivity index (χ3v) is 5.03. The zero-order chi connectivity index (χ0) is 19.7. The Morgan fingerprint density at radius 1 is 1.22 bits per heavy atom. The number of rotatable bonds is 9. The lowest BCUT2D eigenvalue weighted by Gasteiger charge is -2.35. The Labute approximate surface area is 161 Å². The van der Waals surface area contributed by atoms with Gasteiger partial charge in [-0.2, -0.15) is 0 Å². The van der Waals surface area contributed by atoms with Crippen LogP contribution in [0.2, 0.25) is 0 Å². The molecular formula is C20H31N3O4. The van der Waals surface area contributed by atoms with Crippen LogP contribution in [0.25, 0.3) is 0 Å². The lowest BCUT2D eigenvalue weighted by Crippen LogP contribution is -2.47. The number of hydrogen-bond acceptors (Lipinski definition) is 5. The minimum absolute atomic E-state index is 0.0155. The van der Waals surface area contributed by atoms with E-state index in [1.807, 2.05) is 19.9 Å². The summed E-state index contributed by atoms with van der Waals surface area (Å²) in [6, 6.07) is 7.15. The second-order valence-electron chi connectivity index (χ2n) is 6.80. The third-order valence-electron chi connectivity index (χ3n) is 5.03. The second-order valence-corrected chi connectivity index (χ2v) is 6.80. The number of nitrogens with zero attached hydrogens (tertiary/aromatic N) is 1. The molecule has 0 bridgehead atoms. The molecule has 1 fully saturated rings. The van der Waals surface area contributed by atoms with E-state index in [1.54, 1.807) is 30.2 Å². The van der Waals surface area contributed by atoms with Crippen LogP contribution in [0.4, 0.5) is 5.69 Å². The molecule has 0 radical (unpaired) electrons. The van der Waals surface area contributed by atoms with Crippen molar-refractivity contribution in [2.24, 2.45) is 5.41 Å². The van der Waals surface area contributed by atoms with Crippen LogP contribution in [0.15, 0.2) is 24.3 Å². The number of hydrogen-bond donors (Lipinski definition) is 2. The van der Waals surface area contributed by atoms with Crippen molar-refractivity contribution in [2.75, 3.05) is 51.8 Å². The zero-order valence-electron chi connectivity index (χ0n) is 16.5. The van der Waals surface area contributed by atoms with Crippen molar-refractivity contribution < 1.29 is 19.1 Å². The number of carbonyl (C=O) groups is 2. The molecule has 1 aliphatic rings. The van der Waals surface area contributed by atoms with Crippen molar-refractivity contribution in [3.8, 4) is 5.75 Å². The van der Waals surface area contributed by atoms with Gasteiger partial charge in [-0.05, 0) is 51.9 Å². The largest absolute Gasteiger partial charge is 0.484 e. The van der Waals surface area contributed by atoms with Gasteiger partial charge in [-0.1, -0.05) is 6.07 Å². The first-order valence-electron chi connectivity index (χ1n) is 9.56. The molecule has 0 aliphatic carbocycles. The molecule has 1 aromatic carbocycles. The Morgan fingerprint density at radius 3 is 2.56 bits per heavy atom. The van der Waals surface area contributed by atoms with Gasteiger partial charge in [-0.25, -0.2) is 0 Å². The van der Waals surface area contributed by atoms with E-state index in [9.17, 15) is 9.59 Å². The molecule has 1 saturated heterocycles. The first kappa shape index (κ1) is 21.2. The SMILES string of the molecule is CCN(CC)C(=O)COc1cccc(NC(=O)C2(COC)CCNCC2)c1. The van der Waals surface area contributed by atoms with Gasteiger partial charge in [0.2, 0.25) is 5.91 Å². The summed E-state index contributed by atoms with van der Waals surface area (Å²) in [5.41, 5.74) is 0.136. The molecule has 1 aliphatic heterocycles. The van der Waals surface area contributed by atoms with Crippen molar-refractivity contribution in [2.45, 2.75) is 26.7 Å². The molecule has 2 amide bonds. The summed E-state index contributed by atoms with van der Waals surface area (Å²) >= 11 is 0. The molecule has 0 spiro atoms. The molecule has 2 rings (SSSR count). The average molecular weight is 377 g/mol. The highest BCUT2D eigenvalue weighted by atomic mass is 16.5. The Bertz CT molecular complexity index is 620. The van der Waals surface area contributed by atoms with Gasteiger partial charge in [-0.3, -0.25) is 9.59 Å². The van der Waals surface area contributed by atoms with Crippen LogP contribution in [-0.4, -0.2) is 63.2 Å². The van der Waals surface area contributed by atoms with Gasteiger partial charge >= 0.3 is 0 Å². The van der Waals surface area contributed by atoms with E-state index in [0.29, 0.717) is 31.1 Å². The predicted molar refractivity (Wildman–Crippen MR) is 105 cm³/mol. The van der Waals surface area contributed by atoms with Gasteiger partial charge in [0.15, 0.2) is 6.61 Å². The standard InChI is InChI=1S/C20H31N3O4/c1-4-23(5-2)18(24)14-27-17-8-6-7-16(13-17)22-19(25)20(15-26-3)9-11-21-12-10-20/h6-8,13,21H,4-5,9-12,14-15H2,1-3H3,(H,22,25). The number of methoxy groups -OCH3 is 1.